The molecular formula is C20H16N2O7. The first-order valence-electron chi connectivity index (χ1n) is 8.47. The minimum absolute atomic E-state index is 0.00798. The highest BCUT2D eigenvalue weighted by Gasteiger charge is 2.10. The Balaban J connectivity index is 1.67. The number of phenols is 1. The maximum atomic E-state index is 10.7. The molecule has 1 N–H and O–H groups in total. The van der Waals surface area contributed by atoms with E-state index in [9.17, 15) is 25.3 Å². The van der Waals surface area contributed by atoms with Gasteiger partial charge < -0.3 is 14.6 Å². The van der Waals surface area contributed by atoms with Gasteiger partial charge in [-0.1, -0.05) is 0 Å². The number of nitro groups is 2. The van der Waals surface area contributed by atoms with E-state index in [0.717, 1.165) is 5.56 Å². The molecule has 0 atom stereocenters. The van der Waals surface area contributed by atoms with E-state index in [1.54, 1.807) is 30.3 Å². The van der Waals surface area contributed by atoms with Crippen molar-refractivity contribution in [1.29, 1.82) is 0 Å². The highest BCUT2D eigenvalue weighted by Crippen LogP contribution is 2.32. The number of ether oxygens (including phenoxy) is 2. The SMILES string of the molecule is O=[N+]([O-])c1ccc(COc2ccc(O)cc2OCc2ccc([N+](=O)[O-])cc2)cc1. The first-order chi connectivity index (χ1) is 13.9. The van der Waals surface area contributed by atoms with Crippen LogP contribution in [0.2, 0.25) is 0 Å². The predicted molar refractivity (Wildman–Crippen MR) is 103 cm³/mol. The number of phenolic OH excluding ortho intramolecular Hbond substituents is 1. The molecule has 148 valence electrons. The number of nitro benzene ring substituents is 2. The molecule has 29 heavy (non-hydrogen) atoms. The molecule has 0 unspecified atom stereocenters. The normalized spacial score (nSPS) is 10.3. The number of benzene rings is 3. The third-order valence-corrected chi connectivity index (χ3v) is 4.01. The van der Waals surface area contributed by atoms with Crippen molar-refractivity contribution in [3.05, 3.63) is 98.1 Å². The molecule has 0 saturated heterocycles. The van der Waals surface area contributed by atoms with E-state index in [1.807, 2.05) is 0 Å². The van der Waals surface area contributed by atoms with Crippen LogP contribution in [0.25, 0.3) is 0 Å². The summed E-state index contributed by atoms with van der Waals surface area (Å²) in [5, 5.41) is 31.1. The van der Waals surface area contributed by atoms with Crippen LogP contribution in [0.1, 0.15) is 11.1 Å². The van der Waals surface area contributed by atoms with Gasteiger partial charge in [0.25, 0.3) is 11.4 Å². The van der Waals surface area contributed by atoms with Crippen LogP contribution in [0.5, 0.6) is 17.2 Å². The zero-order chi connectivity index (χ0) is 20.8. The number of hydrogen-bond acceptors (Lipinski definition) is 7. The lowest BCUT2D eigenvalue weighted by molar-refractivity contribution is -0.385. The van der Waals surface area contributed by atoms with Gasteiger partial charge >= 0.3 is 0 Å². The maximum Gasteiger partial charge on any atom is 0.269 e. The fourth-order valence-electron chi connectivity index (χ4n) is 2.48. The van der Waals surface area contributed by atoms with E-state index < -0.39 is 9.85 Å². The number of nitrogens with zero attached hydrogens (tertiary/aromatic N) is 2. The molecule has 0 aliphatic carbocycles. The van der Waals surface area contributed by atoms with Crippen molar-refractivity contribution in [2.75, 3.05) is 0 Å². The lowest BCUT2D eigenvalue weighted by Crippen LogP contribution is -2.01. The molecule has 9 heteroatoms. The van der Waals surface area contributed by atoms with Gasteiger partial charge in [-0.3, -0.25) is 20.2 Å². The lowest BCUT2D eigenvalue weighted by atomic mass is 10.2. The van der Waals surface area contributed by atoms with E-state index >= 15 is 0 Å². The first-order valence-corrected chi connectivity index (χ1v) is 8.47. The van der Waals surface area contributed by atoms with Gasteiger partial charge in [0, 0.05) is 30.3 Å². The molecule has 3 rings (SSSR count). The van der Waals surface area contributed by atoms with Crippen LogP contribution in [0.4, 0.5) is 11.4 Å². The molecule has 0 amide bonds. The van der Waals surface area contributed by atoms with Crippen LogP contribution in [0.15, 0.2) is 66.7 Å². The average Bonchev–Trinajstić information content (AvgIpc) is 2.72. The topological polar surface area (TPSA) is 125 Å². The van der Waals surface area contributed by atoms with Gasteiger partial charge in [0.1, 0.15) is 19.0 Å². The Kier molecular flexibility index (Phi) is 5.88. The number of non-ortho nitro benzene ring substituents is 2. The molecule has 0 radical (unpaired) electrons. The predicted octanol–water partition coefficient (Wildman–Crippen LogP) is 4.37. The van der Waals surface area contributed by atoms with E-state index in [1.165, 1.54) is 36.4 Å². The summed E-state index contributed by atoms with van der Waals surface area (Å²) in [5.41, 5.74) is 1.41. The molecule has 9 nitrogen and oxygen atoms in total. The lowest BCUT2D eigenvalue weighted by Gasteiger charge is -2.13. The van der Waals surface area contributed by atoms with Crippen LogP contribution in [-0.2, 0) is 13.2 Å². The summed E-state index contributed by atoms with van der Waals surface area (Å²) in [7, 11) is 0. The second kappa shape index (κ2) is 8.70. The van der Waals surface area contributed by atoms with Gasteiger partial charge in [0.2, 0.25) is 0 Å². The molecular weight excluding hydrogens is 380 g/mol. The van der Waals surface area contributed by atoms with Gasteiger partial charge in [-0.15, -0.1) is 0 Å². The molecule has 0 fully saturated rings. The zero-order valence-corrected chi connectivity index (χ0v) is 15.1. The Morgan fingerprint density at radius 3 is 1.59 bits per heavy atom. The van der Waals surface area contributed by atoms with Gasteiger partial charge in [0.05, 0.1) is 9.85 Å². The third kappa shape index (κ3) is 5.19. The molecule has 0 aliphatic heterocycles. The molecule has 0 heterocycles. The van der Waals surface area contributed by atoms with Crippen molar-refractivity contribution in [3.63, 3.8) is 0 Å². The van der Waals surface area contributed by atoms with Crippen LogP contribution in [0, 0.1) is 20.2 Å². The summed E-state index contributed by atoms with van der Waals surface area (Å²) in [4.78, 5) is 20.5. The average molecular weight is 396 g/mol. The number of hydrogen-bond donors (Lipinski definition) is 1. The van der Waals surface area contributed by atoms with Crippen molar-refractivity contribution in [2.24, 2.45) is 0 Å². The van der Waals surface area contributed by atoms with Crippen LogP contribution < -0.4 is 9.47 Å². The van der Waals surface area contributed by atoms with Crippen LogP contribution in [0.3, 0.4) is 0 Å². The van der Waals surface area contributed by atoms with E-state index in [4.69, 9.17) is 9.47 Å². The molecule has 3 aromatic rings. The monoisotopic (exact) mass is 396 g/mol. The van der Waals surface area contributed by atoms with Crippen LogP contribution in [-0.4, -0.2) is 15.0 Å². The maximum absolute atomic E-state index is 10.7. The minimum Gasteiger partial charge on any atom is -0.508 e. The Morgan fingerprint density at radius 2 is 1.14 bits per heavy atom. The molecule has 3 aromatic carbocycles. The van der Waals surface area contributed by atoms with Crippen molar-refractivity contribution in [1.82, 2.24) is 0 Å². The highest BCUT2D eigenvalue weighted by molar-refractivity contribution is 5.45. The molecule has 0 bridgehead atoms. The van der Waals surface area contributed by atoms with Crippen molar-refractivity contribution >= 4 is 11.4 Å². The van der Waals surface area contributed by atoms with Crippen molar-refractivity contribution in [2.45, 2.75) is 13.2 Å². The number of aromatic hydroxyl groups is 1. The van der Waals surface area contributed by atoms with Gasteiger partial charge in [-0.05, 0) is 47.5 Å². The minimum atomic E-state index is -0.482. The van der Waals surface area contributed by atoms with E-state index in [-0.39, 0.29) is 30.3 Å². The van der Waals surface area contributed by atoms with Crippen LogP contribution >= 0.6 is 0 Å². The Hall–Kier alpha value is -4.14. The second-order valence-corrected chi connectivity index (χ2v) is 6.06. The standard InChI is InChI=1S/C20H16N2O7/c23-18-9-10-19(28-12-14-1-5-16(6-2-14)21(24)25)20(11-18)29-13-15-3-7-17(8-4-15)22(26)27/h1-11,23H,12-13H2. The summed E-state index contributed by atoms with van der Waals surface area (Å²) in [6.07, 6.45) is 0. The molecule has 0 spiro atoms. The van der Waals surface area contributed by atoms with E-state index in [2.05, 4.69) is 0 Å². The smallest absolute Gasteiger partial charge is 0.269 e. The van der Waals surface area contributed by atoms with Gasteiger partial charge in [-0.25, -0.2) is 0 Å². The first kappa shape index (κ1) is 19.6. The molecule has 0 aliphatic rings. The fraction of sp³-hybridized carbons (Fsp3) is 0.100. The third-order valence-electron chi connectivity index (χ3n) is 4.01. The van der Waals surface area contributed by atoms with E-state index in [0.29, 0.717) is 17.1 Å². The largest absolute Gasteiger partial charge is 0.508 e. The highest BCUT2D eigenvalue weighted by atomic mass is 16.6. The summed E-state index contributed by atoms with van der Waals surface area (Å²) in [6.45, 7) is 0.270. The Labute approximate surface area is 165 Å². The van der Waals surface area contributed by atoms with Crippen molar-refractivity contribution < 1.29 is 24.4 Å². The van der Waals surface area contributed by atoms with Gasteiger partial charge in [-0.2, -0.15) is 0 Å². The van der Waals surface area contributed by atoms with Crippen molar-refractivity contribution in [3.8, 4) is 17.2 Å². The van der Waals surface area contributed by atoms with Gasteiger partial charge in [0.15, 0.2) is 11.5 Å². The summed E-state index contributed by atoms with van der Waals surface area (Å²) in [5.74, 6) is 0.666. The Morgan fingerprint density at radius 1 is 0.690 bits per heavy atom. The number of rotatable bonds is 8. The molecule has 0 saturated carbocycles. The zero-order valence-electron chi connectivity index (χ0n) is 15.1. The fourth-order valence-corrected chi connectivity index (χ4v) is 2.48. The molecule has 0 aromatic heterocycles. The summed E-state index contributed by atoms with van der Waals surface area (Å²) >= 11 is 0. The summed E-state index contributed by atoms with van der Waals surface area (Å²) < 4.78 is 11.4. The summed E-state index contributed by atoms with van der Waals surface area (Å²) in [6, 6.07) is 16.3. The second-order valence-electron chi connectivity index (χ2n) is 6.06. The Bertz CT molecular complexity index is 1020. The quantitative estimate of drug-likeness (QED) is 0.443.